The van der Waals surface area contributed by atoms with Crippen LogP contribution in [0.2, 0.25) is 0 Å². The molecule has 0 aliphatic carbocycles. The van der Waals surface area contributed by atoms with E-state index in [4.69, 9.17) is 4.74 Å². The number of benzene rings is 1. The molecule has 22 heavy (non-hydrogen) atoms. The number of aromatic nitrogens is 2. The second kappa shape index (κ2) is 6.58. The van der Waals surface area contributed by atoms with Gasteiger partial charge in [-0.3, -0.25) is 0 Å². The fourth-order valence-electron chi connectivity index (χ4n) is 3.12. The number of nitrogens with zero attached hydrogens (tertiary/aromatic N) is 2. The highest BCUT2D eigenvalue weighted by atomic mass is 19.1. The maximum atomic E-state index is 13.2. The van der Waals surface area contributed by atoms with Crippen LogP contribution in [0.3, 0.4) is 0 Å². The molecule has 2 aromatic rings. The Morgan fingerprint density at radius 1 is 1.27 bits per heavy atom. The van der Waals surface area contributed by atoms with Gasteiger partial charge in [-0.25, -0.2) is 9.37 Å². The summed E-state index contributed by atoms with van der Waals surface area (Å²) in [4.78, 5) is 4.13. The third kappa shape index (κ3) is 3.20. The Labute approximate surface area is 130 Å². The highest BCUT2D eigenvalue weighted by Gasteiger charge is 2.34. The molecule has 1 saturated heterocycles. The van der Waals surface area contributed by atoms with Gasteiger partial charge >= 0.3 is 0 Å². The maximum Gasteiger partial charge on any atom is 0.123 e. The van der Waals surface area contributed by atoms with E-state index >= 15 is 0 Å². The summed E-state index contributed by atoms with van der Waals surface area (Å²) in [6.07, 6.45) is 5.59. The monoisotopic (exact) mass is 303 g/mol. The van der Waals surface area contributed by atoms with E-state index in [0.29, 0.717) is 0 Å². The van der Waals surface area contributed by atoms with Crippen LogP contribution in [0.25, 0.3) is 0 Å². The molecule has 1 aliphatic heterocycles. The quantitative estimate of drug-likeness (QED) is 0.922. The van der Waals surface area contributed by atoms with Crippen molar-refractivity contribution in [2.45, 2.75) is 24.8 Å². The molecule has 0 spiro atoms. The summed E-state index contributed by atoms with van der Waals surface area (Å²) in [5, 5.41) is 3.54. The first kappa shape index (κ1) is 15.2. The molecule has 0 saturated carbocycles. The Kier molecular flexibility index (Phi) is 4.55. The van der Waals surface area contributed by atoms with E-state index in [2.05, 4.69) is 10.3 Å². The lowest BCUT2D eigenvalue weighted by molar-refractivity contribution is 0.0497. The van der Waals surface area contributed by atoms with E-state index in [0.717, 1.165) is 44.8 Å². The van der Waals surface area contributed by atoms with Crippen LogP contribution in [0.1, 0.15) is 24.1 Å². The second-order valence-corrected chi connectivity index (χ2v) is 6.00. The van der Waals surface area contributed by atoms with E-state index in [9.17, 15) is 4.39 Å². The Hall–Kier alpha value is -1.72. The molecule has 1 aromatic carbocycles. The lowest BCUT2D eigenvalue weighted by Crippen LogP contribution is -2.42. The fourth-order valence-corrected chi connectivity index (χ4v) is 3.12. The van der Waals surface area contributed by atoms with Crippen molar-refractivity contribution in [3.05, 3.63) is 53.9 Å². The van der Waals surface area contributed by atoms with Crippen molar-refractivity contribution in [1.82, 2.24) is 14.9 Å². The van der Waals surface area contributed by atoms with E-state index in [1.807, 2.05) is 29.9 Å². The van der Waals surface area contributed by atoms with Crippen molar-refractivity contribution >= 4 is 0 Å². The summed E-state index contributed by atoms with van der Waals surface area (Å²) in [5.74, 6) is -0.186. The summed E-state index contributed by atoms with van der Waals surface area (Å²) >= 11 is 0. The Morgan fingerprint density at radius 3 is 2.64 bits per heavy atom. The zero-order valence-corrected chi connectivity index (χ0v) is 12.9. The first-order valence-corrected chi connectivity index (χ1v) is 7.69. The second-order valence-electron chi connectivity index (χ2n) is 6.00. The van der Waals surface area contributed by atoms with Crippen molar-refractivity contribution in [1.29, 1.82) is 0 Å². The van der Waals surface area contributed by atoms with Crippen LogP contribution >= 0.6 is 0 Å². The molecule has 1 aliphatic rings. The molecule has 0 bridgehead atoms. The average molecular weight is 303 g/mol. The number of nitrogens with one attached hydrogen (secondary N) is 1. The van der Waals surface area contributed by atoms with Gasteiger partial charge < -0.3 is 14.6 Å². The van der Waals surface area contributed by atoms with Gasteiger partial charge in [0.2, 0.25) is 0 Å². The summed E-state index contributed by atoms with van der Waals surface area (Å²) in [5.41, 5.74) is 2.36. The van der Waals surface area contributed by atoms with Gasteiger partial charge in [0, 0.05) is 45.0 Å². The molecule has 4 nitrogen and oxygen atoms in total. The predicted molar refractivity (Wildman–Crippen MR) is 83.0 cm³/mol. The highest BCUT2D eigenvalue weighted by molar-refractivity contribution is 5.27. The number of aryl methyl sites for hydroxylation is 1. The lowest BCUT2D eigenvalue weighted by Gasteiger charge is -2.38. The number of halogens is 1. The molecule has 5 heteroatoms. The van der Waals surface area contributed by atoms with E-state index in [-0.39, 0.29) is 11.2 Å². The molecule has 0 unspecified atom stereocenters. The van der Waals surface area contributed by atoms with Crippen molar-refractivity contribution in [3.63, 3.8) is 0 Å². The van der Waals surface area contributed by atoms with E-state index < -0.39 is 0 Å². The van der Waals surface area contributed by atoms with Gasteiger partial charge in [-0.15, -0.1) is 0 Å². The number of imidazole rings is 1. The third-order valence-corrected chi connectivity index (χ3v) is 4.59. The first-order valence-electron chi connectivity index (χ1n) is 7.69. The standard InChI is InChI=1S/C17H22FN3O/c1-21-13-20-11-16(21)10-19-12-17(6-8-22-9-7-17)14-2-4-15(18)5-3-14/h2-5,11,13,19H,6-10,12H2,1H3. The lowest BCUT2D eigenvalue weighted by atomic mass is 9.74. The number of rotatable bonds is 5. The molecule has 0 amide bonds. The topological polar surface area (TPSA) is 39.1 Å². The third-order valence-electron chi connectivity index (χ3n) is 4.59. The minimum Gasteiger partial charge on any atom is -0.381 e. The molecule has 3 rings (SSSR count). The van der Waals surface area contributed by atoms with Crippen LogP contribution in [-0.2, 0) is 23.7 Å². The predicted octanol–water partition coefficient (Wildman–Crippen LogP) is 2.40. The molecule has 1 N–H and O–H groups in total. The zero-order chi connectivity index (χ0) is 15.4. The van der Waals surface area contributed by atoms with Crippen LogP contribution in [0.4, 0.5) is 4.39 Å². The fraction of sp³-hybridized carbons (Fsp3) is 0.471. The number of ether oxygens (including phenoxy) is 1. The Balaban J connectivity index is 1.72. The first-order chi connectivity index (χ1) is 10.7. The van der Waals surface area contributed by atoms with E-state index in [1.54, 1.807) is 18.5 Å². The van der Waals surface area contributed by atoms with Crippen LogP contribution < -0.4 is 5.32 Å². The van der Waals surface area contributed by atoms with Gasteiger partial charge in [-0.05, 0) is 30.5 Å². The van der Waals surface area contributed by atoms with Gasteiger partial charge in [-0.2, -0.15) is 0 Å². The number of hydrogen-bond acceptors (Lipinski definition) is 3. The van der Waals surface area contributed by atoms with Crippen LogP contribution in [0, 0.1) is 5.82 Å². The van der Waals surface area contributed by atoms with Gasteiger partial charge in [-0.1, -0.05) is 12.1 Å². The smallest absolute Gasteiger partial charge is 0.123 e. The zero-order valence-electron chi connectivity index (χ0n) is 12.9. The van der Waals surface area contributed by atoms with Gasteiger partial charge in [0.05, 0.1) is 12.0 Å². The minimum absolute atomic E-state index is 0.0184. The van der Waals surface area contributed by atoms with E-state index in [1.165, 1.54) is 5.56 Å². The van der Waals surface area contributed by atoms with Crippen molar-refractivity contribution < 1.29 is 9.13 Å². The molecule has 1 aromatic heterocycles. The molecule has 1 fully saturated rings. The SMILES string of the molecule is Cn1cncc1CNCC1(c2ccc(F)cc2)CCOCC1. The molecule has 2 heterocycles. The van der Waals surface area contributed by atoms with Crippen molar-refractivity contribution in [2.24, 2.45) is 7.05 Å². The van der Waals surface area contributed by atoms with Crippen LogP contribution in [-0.4, -0.2) is 29.3 Å². The number of hydrogen-bond donors (Lipinski definition) is 1. The summed E-state index contributed by atoms with van der Waals surface area (Å²) in [6, 6.07) is 6.92. The summed E-state index contributed by atoms with van der Waals surface area (Å²) in [7, 11) is 1.99. The summed E-state index contributed by atoms with van der Waals surface area (Å²) < 4.78 is 20.8. The normalized spacial score (nSPS) is 17.5. The van der Waals surface area contributed by atoms with Gasteiger partial charge in [0.25, 0.3) is 0 Å². The molecule has 118 valence electrons. The average Bonchev–Trinajstić information content (AvgIpc) is 2.94. The van der Waals surface area contributed by atoms with Crippen LogP contribution in [0.15, 0.2) is 36.8 Å². The summed E-state index contributed by atoms with van der Waals surface area (Å²) in [6.45, 7) is 3.14. The van der Waals surface area contributed by atoms with Gasteiger partial charge in [0.1, 0.15) is 5.82 Å². The highest BCUT2D eigenvalue weighted by Crippen LogP contribution is 2.34. The van der Waals surface area contributed by atoms with Gasteiger partial charge in [0.15, 0.2) is 0 Å². The largest absolute Gasteiger partial charge is 0.381 e. The van der Waals surface area contributed by atoms with Crippen LogP contribution in [0.5, 0.6) is 0 Å². The Morgan fingerprint density at radius 2 is 2.00 bits per heavy atom. The molecular formula is C17H22FN3O. The Bertz CT molecular complexity index is 603. The minimum atomic E-state index is -0.186. The maximum absolute atomic E-state index is 13.2. The van der Waals surface area contributed by atoms with Crippen molar-refractivity contribution in [3.8, 4) is 0 Å². The molecule has 0 atom stereocenters. The molecule has 0 radical (unpaired) electrons. The van der Waals surface area contributed by atoms with Crippen molar-refractivity contribution in [2.75, 3.05) is 19.8 Å². The molecular weight excluding hydrogens is 281 g/mol.